The minimum atomic E-state index is -0.419. The van der Waals surface area contributed by atoms with E-state index >= 15 is 0 Å². The number of anilines is 1. The normalized spacial score (nSPS) is 19.7. The molecule has 1 unspecified atom stereocenters. The molecule has 0 bridgehead atoms. The SMILES string of the molecule is NCC1CCCN(CCc2ccc(-n3ccc(NC(=O)N4CCNCC4)nc3=O)cc2)C1. The molecule has 9 nitrogen and oxygen atoms in total. The zero-order valence-corrected chi connectivity index (χ0v) is 18.5. The summed E-state index contributed by atoms with van der Waals surface area (Å²) in [5, 5.41) is 5.92. The summed E-state index contributed by atoms with van der Waals surface area (Å²) >= 11 is 0. The molecule has 2 amide bonds. The molecule has 4 N–H and O–H groups in total. The highest BCUT2D eigenvalue weighted by Crippen LogP contribution is 2.16. The van der Waals surface area contributed by atoms with Gasteiger partial charge in [0.15, 0.2) is 0 Å². The lowest BCUT2D eigenvalue weighted by molar-refractivity contribution is 0.180. The van der Waals surface area contributed by atoms with Gasteiger partial charge >= 0.3 is 11.7 Å². The van der Waals surface area contributed by atoms with Crippen LogP contribution in [0, 0.1) is 5.92 Å². The Bertz CT molecular complexity index is 954. The number of amides is 2. The quantitative estimate of drug-likeness (QED) is 0.617. The highest BCUT2D eigenvalue weighted by molar-refractivity contribution is 5.88. The molecule has 1 atom stereocenters. The first-order chi connectivity index (χ1) is 15.6. The number of hydrogen-bond donors (Lipinski definition) is 3. The van der Waals surface area contributed by atoms with Crippen LogP contribution in [0.3, 0.4) is 0 Å². The molecule has 0 saturated carbocycles. The molecule has 4 rings (SSSR count). The number of piperidine rings is 1. The van der Waals surface area contributed by atoms with Crippen LogP contribution in [0.4, 0.5) is 10.6 Å². The standard InChI is InChI=1S/C23H33N7O2/c24-16-19-2-1-11-28(17-19)12-7-18-3-5-20(6-4-18)30-13-8-21(27-23(30)32)26-22(31)29-14-9-25-10-15-29/h3-6,8,13,19,25H,1-2,7,9-12,14-17,24H2,(H,26,27,31,32). The summed E-state index contributed by atoms with van der Waals surface area (Å²) in [5.74, 6) is 0.888. The zero-order valence-electron chi connectivity index (χ0n) is 18.5. The van der Waals surface area contributed by atoms with Crippen LogP contribution in [-0.2, 0) is 6.42 Å². The Morgan fingerprint density at radius 3 is 2.66 bits per heavy atom. The Morgan fingerprint density at radius 2 is 1.94 bits per heavy atom. The van der Waals surface area contributed by atoms with Crippen molar-refractivity contribution in [3.8, 4) is 5.69 Å². The largest absolute Gasteiger partial charge is 0.354 e. The number of hydrogen-bond acceptors (Lipinski definition) is 6. The number of carbonyl (C=O) groups is 1. The fraction of sp³-hybridized carbons (Fsp3) is 0.522. The molecular weight excluding hydrogens is 406 g/mol. The van der Waals surface area contributed by atoms with Crippen molar-refractivity contribution < 1.29 is 4.79 Å². The van der Waals surface area contributed by atoms with Crippen molar-refractivity contribution in [3.05, 3.63) is 52.6 Å². The number of aromatic nitrogens is 2. The summed E-state index contributed by atoms with van der Waals surface area (Å²) in [5.41, 5.74) is 7.42. The Kier molecular flexibility index (Phi) is 7.51. The van der Waals surface area contributed by atoms with Crippen molar-refractivity contribution in [2.45, 2.75) is 19.3 Å². The number of nitrogens with two attached hydrogens (primary N) is 1. The zero-order chi connectivity index (χ0) is 22.3. The fourth-order valence-electron chi connectivity index (χ4n) is 4.38. The van der Waals surface area contributed by atoms with E-state index in [0.717, 1.165) is 51.4 Å². The van der Waals surface area contributed by atoms with Gasteiger partial charge in [0.25, 0.3) is 0 Å². The number of piperazine rings is 1. The molecule has 2 saturated heterocycles. The van der Waals surface area contributed by atoms with Gasteiger partial charge in [-0.1, -0.05) is 12.1 Å². The number of likely N-dealkylation sites (tertiary alicyclic amines) is 1. The first-order valence-electron chi connectivity index (χ1n) is 11.5. The molecule has 0 radical (unpaired) electrons. The van der Waals surface area contributed by atoms with Crippen molar-refractivity contribution in [2.24, 2.45) is 11.7 Å². The third kappa shape index (κ3) is 5.73. The maximum absolute atomic E-state index is 12.5. The van der Waals surface area contributed by atoms with Crippen LogP contribution in [-0.4, -0.2) is 77.7 Å². The molecule has 32 heavy (non-hydrogen) atoms. The Morgan fingerprint density at radius 1 is 1.16 bits per heavy atom. The molecular formula is C23H33N7O2. The van der Waals surface area contributed by atoms with Crippen molar-refractivity contribution in [1.29, 1.82) is 0 Å². The summed E-state index contributed by atoms with van der Waals surface area (Å²) in [6.45, 7) is 6.85. The molecule has 2 fully saturated rings. The molecule has 172 valence electrons. The molecule has 1 aromatic heterocycles. The van der Waals surface area contributed by atoms with Crippen LogP contribution in [0.1, 0.15) is 18.4 Å². The minimum absolute atomic E-state index is 0.230. The average Bonchev–Trinajstić information content (AvgIpc) is 2.84. The second kappa shape index (κ2) is 10.7. The number of rotatable bonds is 6. The van der Waals surface area contributed by atoms with E-state index in [2.05, 4.69) is 32.7 Å². The van der Waals surface area contributed by atoms with Gasteiger partial charge in [0, 0.05) is 45.5 Å². The van der Waals surface area contributed by atoms with E-state index in [1.807, 2.05) is 12.1 Å². The van der Waals surface area contributed by atoms with Crippen molar-refractivity contribution in [3.63, 3.8) is 0 Å². The smallest absolute Gasteiger partial charge is 0.330 e. The van der Waals surface area contributed by atoms with Crippen molar-refractivity contribution in [2.75, 3.05) is 57.7 Å². The van der Waals surface area contributed by atoms with Gasteiger partial charge in [0.05, 0.1) is 5.69 Å². The van der Waals surface area contributed by atoms with Gasteiger partial charge in [-0.3, -0.25) is 9.88 Å². The first kappa shape index (κ1) is 22.4. The molecule has 2 aliphatic heterocycles. The molecule has 9 heteroatoms. The predicted octanol–water partition coefficient (Wildman–Crippen LogP) is 0.883. The van der Waals surface area contributed by atoms with Crippen molar-refractivity contribution in [1.82, 2.24) is 24.7 Å². The number of nitrogens with zero attached hydrogens (tertiary/aromatic N) is 4. The fourth-order valence-corrected chi connectivity index (χ4v) is 4.38. The van der Waals surface area contributed by atoms with Crippen molar-refractivity contribution >= 4 is 11.8 Å². The molecule has 0 spiro atoms. The third-order valence-electron chi connectivity index (χ3n) is 6.31. The van der Waals surface area contributed by atoms with E-state index in [9.17, 15) is 9.59 Å². The van der Waals surface area contributed by atoms with E-state index in [4.69, 9.17) is 5.73 Å². The lowest BCUT2D eigenvalue weighted by Gasteiger charge is -2.32. The topological polar surface area (TPSA) is 109 Å². The van der Waals surface area contributed by atoms with Crippen LogP contribution < -0.4 is 22.1 Å². The summed E-state index contributed by atoms with van der Waals surface area (Å²) in [6.07, 6.45) is 5.09. The lowest BCUT2D eigenvalue weighted by Crippen LogP contribution is -2.48. The average molecular weight is 440 g/mol. The second-order valence-electron chi connectivity index (χ2n) is 8.59. The molecule has 0 aliphatic carbocycles. The van der Waals surface area contributed by atoms with Gasteiger partial charge in [-0.25, -0.2) is 9.59 Å². The highest BCUT2D eigenvalue weighted by atomic mass is 16.2. The number of benzene rings is 1. The molecule has 3 heterocycles. The summed E-state index contributed by atoms with van der Waals surface area (Å²) in [4.78, 5) is 33.1. The molecule has 2 aliphatic rings. The van der Waals surface area contributed by atoms with Gasteiger partial charge in [0.2, 0.25) is 0 Å². The van der Waals surface area contributed by atoms with Crippen LogP contribution in [0.25, 0.3) is 5.69 Å². The van der Waals surface area contributed by atoms with E-state index in [0.29, 0.717) is 19.0 Å². The Labute approximate surface area is 188 Å². The van der Waals surface area contributed by atoms with Crippen LogP contribution in [0.15, 0.2) is 41.3 Å². The van der Waals surface area contributed by atoms with Crippen LogP contribution in [0.2, 0.25) is 0 Å². The Hall–Kier alpha value is -2.75. The van der Waals surface area contributed by atoms with Gasteiger partial charge in [-0.05, 0) is 62.0 Å². The van der Waals surface area contributed by atoms with E-state index < -0.39 is 5.69 Å². The summed E-state index contributed by atoms with van der Waals surface area (Å²) < 4.78 is 1.49. The summed E-state index contributed by atoms with van der Waals surface area (Å²) in [7, 11) is 0. The van der Waals surface area contributed by atoms with Crippen LogP contribution in [0.5, 0.6) is 0 Å². The monoisotopic (exact) mass is 439 g/mol. The lowest BCUT2D eigenvalue weighted by atomic mass is 9.98. The number of nitrogens with one attached hydrogen (secondary N) is 2. The molecule has 1 aromatic carbocycles. The van der Waals surface area contributed by atoms with Gasteiger partial charge in [-0.2, -0.15) is 4.98 Å². The van der Waals surface area contributed by atoms with Gasteiger partial charge in [-0.15, -0.1) is 0 Å². The van der Waals surface area contributed by atoms with E-state index in [-0.39, 0.29) is 11.8 Å². The first-order valence-corrected chi connectivity index (χ1v) is 11.5. The summed E-state index contributed by atoms with van der Waals surface area (Å²) in [6, 6.07) is 9.43. The maximum Gasteiger partial charge on any atom is 0.354 e. The van der Waals surface area contributed by atoms with Gasteiger partial charge < -0.3 is 20.9 Å². The number of urea groups is 1. The maximum atomic E-state index is 12.5. The second-order valence-corrected chi connectivity index (χ2v) is 8.59. The minimum Gasteiger partial charge on any atom is -0.330 e. The van der Waals surface area contributed by atoms with Crippen LogP contribution >= 0.6 is 0 Å². The predicted molar refractivity (Wildman–Crippen MR) is 125 cm³/mol. The number of carbonyl (C=O) groups excluding carboxylic acids is 1. The van der Waals surface area contributed by atoms with E-state index in [1.54, 1.807) is 17.2 Å². The third-order valence-corrected chi connectivity index (χ3v) is 6.31. The van der Waals surface area contributed by atoms with Gasteiger partial charge in [0.1, 0.15) is 5.82 Å². The highest BCUT2D eigenvalue weighted by Gasteiger charge is 2.18. The van der Waals surface area contributed by atoms with E-state index in [1.165, 1.54) is 23.0 Å². The Balaban J connectivity index is 1.34. The molecule has 2 aromatic rings.